The predicted octanol–water partition coefficient (Wildman–Crippen LogP) is 5.22. The lowest BCUT2D eigenvalue weighted by Gasteiger charge is -2.33. The number of rotatable bonds is 13. The smallest absolute Gasteiger partial charge is 0.264 e. The number of anilines is 1. The van der Waals surface area contributed by atoms with Crippen LogP contribution in [0.2, 0.25) is 0 Å². The fourth-order valence-corrected chi connectivity index (χ4v) is 5.70. The first-order chi connectivity index (χ1) is 18.7. The van der Waals surface area contributed by atoms with Crippen molar-refractivity contribution in [1.82, 2.24) is 10.2 Å². The van der Waals surface area contributed by atoms with E-state index in [4.69, 9.17) is 0 Å². The summed E-state index contributed by atoms with van der Waals surface area (Å²) in [6.45, 7) is 7.97. The summed E-state index contributed by atoms with van der Waals surface area (Å²) >= 11 is 0. The quantitative estimate of drug-likeness (QED) is 0.296. The number of aryl methyl sites for hydroxylation is 2. The first-order valence-corrected chi connectivity index (χ1v) is 14.9. The number of amides is 2. The highest BCUT2D eigenvalue weighted by atomic mass is 32.2. The molecule has 39 heavy (non-hydrogen) atoms. The molecule has 0 heterocycles. The molecule has 0 aliphatic heterocycles. The summed E-state index contributed by atoms with van der Waals surface area (Å²) in [5, 5.41) is 2.94. The van der Waals surface area contributed by atoms with Crippen LogP contribution in [0.15, 0.2) is 83.8 Å². The van der Waals surface area contributed by atoms with Crippen molar-refractivity contribution >= 4 is 27.5 Å². The normalized spacial score (nSPS) is 12.0. The van der Waals surface area contributed by atoms with Crippen molar-refractivity contribution in [2.45, 2.75) is 64.4 Å². The van der Waals surface area contributed by atoms with Gasteiger partial charge in [0.2, 0.25) is 11.8 Å². The van der Waals surface area contributed by atoms with Gasteiger partial charge < -0.3 is 10.2 Å². The van der Waals surface area contributed by atoms with Gasteiger partial charge in [0.05, 0.1) is 10.6 Å². The molecule has 1 N–H and O–H groups in total. The average molecular weight is 550 g/mol. The van der Waals surface area contributed by atoms with E-state index in [1.54, 1.807) is 36.4 Å². The molecule has 0 unspecified atom stereocenters. The van der Waals surface area contributed by atoms with Gasteiger partial charge in [-0.25, -0.2) is 8.42 Å². The van der Waals surface area contributed by atoms with Gasteiger partial charge in [0.15, 0.2) is 0 Å². The van der Waals surface area contributed by atoms with Crippen LogP contribution in [0.4, 0.5) is 5.69 Å². The van der Waals surface area contributed by atoms with Gasteiger partial charge >= 0.3 is 0 Å². The summed E-state index contributed by atoms with van der Waals surface area (Å²) in [6, 6.07) is 22.3. The number of carbonyl (C=O) groups is 2. The van der Waals surface area contributed by atoms with Crippen LogP contribution in [0.1, 0.15) is 49.8 Å². The van der Waals surface area contributed by atoms with Crippen LogP contribution in [0.25, 0.3) is 0 Å². The number of benzene rings is 3. The molecule has 0 bridgehead atoms. The topological polar surface area (TPSA) is 86.8 Å². The molecule has 2 amide bonds. The Morgan fingerprint density at radius 1 is 0.846 bits per heavy atom. The molecule has 0 spiro atoms. The van der Waals surface area contributed by atoms with Crippen molar-refractivity contribution in [2.24, 2.45) is 0 Å². The lowest BCUT2D eigenvalue weighted by atomic mass is 10.1. The Morgan fingerprint density at radius 2 is 1.44 bits per heavy atom. The van der Waals surface area contributed by atoms with Crippen molar-refractivity contribution in [3.63, 3.8) is 0 Å². The minimum Gasteiger partial charge on any atom is -0.354 e. The summed E-state index contributed by atoms with van der Waals surface area (Å²) in [5.41, 5.74) is 3.14. The third kappa shape index (κ3) is 7.93. The molecule has 8 heteroatoms. The molecule has 3 aromatic rings. The second kappa shape index (κ2) is 13.9. The van der Waals surface area contributed by atoms with E-state index in [9.17, 15) is 18.0 Å². The van der Waals surface area contributed by atoms with Crippen molar-refractivity contribution in [2.75, 3.05) is 17.4 Å². The van der Waals surface area contributed by atoms with Gasteiger partial charge in [-0.3, -0.25) is 13.9 Å². The highest BCUT2D eigenvalue weighted by Gasteiger charge is 2.33. The largest absolute Gasteiger partial charge is 0.354 e. The zero-order valence-corrected chi connectivity index (χ0v) is 24.1. The van der Waals surface area contributed by atoms with E-state index in [1.807, 2.05) is 70.2 Å². The molecule has 0 fully saturated rings. The molecule has 0 saturated heterocycles. The number of nitrogens with one attached hydrogen (secondary N) is 1. The van der Waals surface area contributed by atoms with Crippen molar-refractivity contribution < 1.29 is 18.0 Å². The van der Waals surface area contributed by atoms with E-state index >= 15 is 0 Å². The lowest BCUT2D eigenvalue weighted by Crippen LogP contribution is -2.52. The Balaban J connectivity index is 2.01. The first kappa shape index (κ1) is 29.9. The van der Waals surface area contributed by atoms with Crippen LogP contribution < -0.4 is 9.62 Å². The van der Waals surface area contributed by atoms with Crippen molar-refractivity contribution in [3.05, 3.63) is 95.6 Å². The predicted molar refractivity (Wildman–Crippen MR) is 156 cm³/mol. The lowest BCUT2D eigenvalue weighted by molar-refractivity contribution is -0.140. The van der Waals surface area contributed by atoms with E-state index in [-0.39, 0.29) is 17.3 Å². The number of carbonyl (C=O) groups excluding carboxylic acids is 2. The Hall–Kier alpha value is -3.65. The summed E-state index contributed by atoms with van der Waals surface area (Å²) in [7, 11) is -4.07. The van der Waals surface area contributed by atoms with E-state index in [0.717, 1.165) is 33.8 Å². The number of hydrogen-bond donors (Lipinski definition) is 1. The van der Waals surface area contributed by atoms with Gasteiger partial charge in [0.1, 0.15) is 12.6 Å². The Morgan fingerprint density at radius 3 is 2.00 bits per heavy atom. The van der Waals surface area contributed by atoms with Crippen molar-refractivity contribution in [3.8, 4) is 0 Å². The van der Waals surface area contributed by atoms with Crippen LogP contribution in [0, 0.1) is 13.8 Å². The molecular formula is C31H39N3O4S. The highest BCUT2D eigenvalue weighted by Crippen LogP contribution is 2.25. The molecule has 0 saturated carbocycles. The second-order valence-corrected chi connectivity index (χ2v) is 11.6. The molecular weight excluding hydrogens is 510 g/mol. The number of sulfonamides is 1. The monoisotopic (exact) mass is 549 g/mol. The van der Waals surface area contributed by atoms with Crippen LogP contribution in [0.3, 0.4) is 0 Å². The molecule has 3 aromatic carbocycles. The van der Waals surface area contributed by atoms with E-state index in [2.05, 4.69) is 5.32 Å². The van der Waals surface area contributed by atoms with Gasteiger partial charge in [0.25, 0.3) is 10.0 Å². The van der Waals surface area contributed by atoms with Crippen LogP contribution in [0.5, 0.6) is 0 Å². The highest BCUT2D eigenvalue weighted by molar-refractivity contribution is 7.92. The molecule has 0 aromatic heterocycles. The fourth-order valence-electron chi connectivity index (χ4n) is 4.28. The van der Waals surface area contributed by atoms with E-state index < -0.39 is 28.5 Å². The molecule has 1 atom stereocenters. The first-order valence-electron chi connectivity index (χ1n) is 13.4. The van der Waals surface area contributed by atoms with Gasteiger partial charge in [0, 0.05) is 13.1 Å². The minimum absolute atomic E-state index is 0.0976. The maximum absolute atomic E-state index is 14.0. The number of hydrogen-bond acceptors (Lipinski definition) is 4. The SMILES string of the molecule is CCCCNC(=O)[C@@H](CC)N(Cc1ccccc1)C(=O)CN(c1ccc(C)cc1)S(=O)(=O)c1ccc(C)cc1. The fraction of sp³-hybridized carbons (Fsp3) is 0.355. The van der Waals surface area contributed by atoms with E-state index in [0.29, 0.717) is 18.7 Å². The molecule has 0 aliphatic rings. The minimum atomic E-state index is -4.07. The molecule has 0 radical (unpaired) electrons. The standard InChI is InChI=1S/C31H39N3O4S/c1-5-7-21-32-31(36)29(6-2)33(22-26-11-9-8-10-12-26)30(35)23-34(27-17-13-24(3)14-18-27)39(37,38)28-19-15-25(4)16-20-28/h8-20,29H,5-7,21-23H2,1-4H3,(H,32,36)/t29-/m1/s1. The van der Waals surface area contributed by atoms with Crippen molar-refractivity contribution in [1.29, 1.82) is 0 Å². The second-order valence-electron chi connectivity index (χ2n) is 9.74. The Kier molecular flexibility index (Phi) is 10.7. The van der Waals surface area contributed by atoms with Crippen LogP contribution in [-0.4, -0.2) is 44.3 Å². The molecule has 208 valence electrons. The van der Waals surface area contributed by atoms with Crippen LogP contribution in [-0.2, 0) is 26.2 Å². The maximum Gasteiger partial charge on any atom is 0.264 e. The summed E-state index contributed by atoms with van der Waals surface area (Å²) in [6.07, 6.45) is 2.17. The Labute approximate surface area is 232 Å². The average Bonchev–Trinajstić information content (AvgIpc) is 2.93. The zero-order valence-electron chi connectivity index (χ0n) is 23.3. The van der Waals surface area contributed by atoms with Gasteiger partial charge in [-0.15, -0.1) is 0 Å². The Bertz CT molecular complexity index is 1320. The molecule has 7 nitrogen and oxygen atoms in total. The third-order valence-corrected chi connectivity index (χ3v) is 8.41. The van der Waals surface area contributed by atoms with Gasteiger partial charge in [-0.05, 0) is 56.5 Å². The number of nitrogens with zero attached hydrogens (tertiary/aromatic N) is 2. The summed E-state index contributed by atoms with van der Waals surface area (Å²) in [4.78, 5) is 28.8. The van der Waals surface area contributed by atoms with Gasteiger partial charge in [-0.2, -0.15) is 0 Å². The molecule has 0 aliphatic carbocycles. The summed E-state index contributed by atoms with van der Waals surface area (Å²) < 4.78 is 28.9. The van der Waals surface area contributed by atoms with Crippen LogP contribution >= 0.6 is 0 Å². The molecule has 3 rings (SSSR count). The zero-order chi connectivity index (χ0) is 28.4. The summed E-state index contributed by atoms with van der Waals surface area (Å²) in [5.74, 6) is -0.689. The van der Waals surface area contributed by atoms with E-state index in [1.165, 1.54) is 4.90 Å². The third-order valence-electron chi connectivity index (χ3n) is 6.62. The maximum atomic E-state index is 14.0. The van der Waals surface area contributed by atoms with Gasteiger partial charge in [-0.1, -0.05) is 86.0 Å². The number of unbranched alkanes of at least 4 members (excludes halogenated alkanes) is 1.